The lowest BCUT2D eigenvalue weighted by molar-refractivity contribution is -0.134. The Labute approximate surface area is 352 Å². The number of piperidine rings is 2. The first-order valence-corrected chi connectivity index (χ1v) is 21.9. The second-order valence-corrected chi connectivity index (χ2v) is 18.7. The monoisotopic (exact) mass is 837 g/mol. The molecule has 10 rings (SSSR count). The van der Waals surface area contributed by atoms with Crippen LogP contribution in [0.15, 0.2) is 42.9 Å². The van der Waals surface area contributed by atoms with Gasteiger partial charge in [-0.25, -0.2) is 23.1 Å². The zero-order valence-corrected chi connectivity index (χ0v) is 34.6. The van der Waals surface area contributed by atoms with Crippen molar-refractivity contribution in [1.82, 2.24) is 34.6 Å². The molecule has 2 aliphatic carbocycles. The zero-order valence-electron chi connectivity index (χ0n) is 34.6. The van der Waals surface area contributed by atoms with Crippen LogP contribution in [0, 0.1) is 23.7 Å². The van der Waals surface area contributed by atoms with Crippen molar-refractivity contribution in [2.45, 2.75) is 90.0 Å². The van der Waals surface area contributed by atoms with Gasteiger partial charge in [-0.3, -0.25) is 29.3 Å². The number of fused-ring (bicyclic) bond motifs is 1. The van der Waals surface area contributed by atoms with E-state index in [9.17, 15) is 28.0 Å². The number of rotatable bonds is 9. The maximum Gasteiger partial charge on any atom is 0.328 e. The molecule has 7 heterocycles. The van der Waals surface area contributed by atoms with Gasteiger partial charge in [-0.15, -0.1) is 0 Å². The number of carbonyl (C=O) groups excluding carboxylic acids is 4. The fourth-order valence-corrected chi connectivity index (χ4v) is 11.0. The van der Waals surface area contributed by atoms with Crippen LogP contribution in [0.3, 0.4) is 0 Å². The second-order valence-electron chi connectivity index (χ2n) is 18.7. The summed E-state index contributed by atoms with van der Waals surface area (Å²) in [5.41, 5.74) is 3.46. The Bertz CT molecular complexity index is 2350. The summed E-state index contributed by atoms with van der Waals surface area (Å²) in [6, 6.07) is 7.70. The highest BCUT2D eigenvalue weighted by atomic mass is 19.3. The molecule has 322 valence electrons. The normalized spacial score (nSPS) is 22.3. The summed E-state index contributed by atoms with van der Waals surface area (Å²) < 4.78 is 31.7. The van der Waals surface area contributed by atoms with Gasteiger partial charge < -0.3 is 20.0 Å². The minimum absolute atomic E-state index is 0.00867. The summed E-state index contributed by atoms with van der Waals surface area (Å²) in [5.74, 6) is 0.793. The van der Waals surface area contributed by atoms with Gasteiger partial charge in [0.1, 0.15) is 17.2 Å². The molecule has 6 fully saturated rings. The van der Waals surface area contributed by atoms with Crippen LogP contribution in [0.4, 0.5) is 36.5 Å². The quantitative estimate of drug-likeness (QED) is 0.201. The predicted molar refractivity (Wildman–Crippen MR) is 224 cm³/mol. The molecule has 0 bridgehead atoms. The maximum atomic E-state index is 14.3. The van der Waals surface area contributed by atoms with Gasteiger partial charge in [-0.1, -0.05) is 6.07 Å². The van der Waals surface area contributed by atoms with E-state index < -0.39 is 18.0 Å². The summed E-state index contributed by atoms with van der Waals surface area (Å²) in [6.45, 7) is 8.54. The van der Waals surface area contributed by atoms with E-state index in [-0.39, 0.29) is 40.4 Å². The number of ketones is 1. The van der Waals surface area contributed by atoms with Gasteiger partial charge in [0.2, 0.25) is 5.91 Å². The van der Waals surface area contributed by atoms with Crippen LogP contribution in [0.5, 0.6) is 0 Å². The van der Waals surface area contributed by atoms with Crippen molar-refractivity contribution in [2.75, 3.05) is 72.4 Å². The molecule has 2 spiro atoms. The maximum absolute atomic E-state index is 14.3. The third kappa shape index (κ3) is 7.63. The smallest absolute Gasteiger partial charge is 0.328 e. The van der Waals surface area contributed by atoms with Crippen LogP contribution in [-0.4, -0.2) is 105 Å². The SMILES string of the molecule is Cc1ccc(N2CCC3(CCC(CN4CCC(n5cc(NC(=O)c6cnn7ccc(N8CC9(CC(=O)C9)C8)nc67)c(C(F)F)n5)CC4)CC3)CC2)c(N2CCC(=O)NC2=O)c1. The third-order valence-electron chi connectivity index (χ3n) is 14.6. The van der Waals surface area contributed by atoms with E-state index in [1.54, 1.807) is 22.0 Å². The first kappa shape index (κ1) is 39.7. The van der Waals surface area contributed by atoms with Crippen molar-refractivity contribution in [2.24, 2.45) is 16.7 Å². The number of benzene rings is 1. The Kier molecular flexibility index (Phi) is 10.1. The van der Waals surface area contributed by atoms with Gasteiger partial charge in [0.25, 0.3) is 12.3 Å². The number of aryl methyl sites for hydroxylation is 1. The fraction of sp³-hybridized carbons (Fsp3) is 0.568. The molecule has 4 amide bonds. The zero-order chi connectivity index (χ0) is 42.0. The van der Waals surface area contributed by atoms with Crippen molar-refractivity contribution in [3.8, 4) is 0 Å². The number of nitrogens with zero attached hydrogens (tertiary/aromatic N) is 9. The minimum atomic E-state index is -2.86. The summed E-state index contributed by atoms with van der Waals surface area (Å²) in [6.07, 6.45) is 11.9. The lowest BCUT2D eigenvalue weighted by Gasteiger charge is -2.55. The Morgan fingerprint density at radius 2 is 1.67 bits per heavy atom. The predicted octanol–water partition coefficient (Wildman–Crippen LogP) is 6.15. The van der Waals surface area contributed by atoms with Crippen LogP contribution in [0.1, 0.15) is 105 Å². The number of hydrogen-bond acceptors (Lipinski definition) is 10. The number of amides is 4. The molecule has 2 saturated carbocycles. The molecule has 4 saturated heterocycles. The van der Waals surface area contributed by atoms with Crippen molar-refractivity contribution in [1.29, 1.82) is 0 Å². The highest BCUT2D eigenvalue weighted by molar-refractivity contribution is 6.08. The highest BCUT2D eigenvalue weighted by Gasteiger charge is 2.52. The molecule has 4 aliphatic heterocycles. The van der Waals surface area contributed by atoms with E-state index in [0.29, 0.717) is 48.6 Å². The van der Waals surface area contributed by atoms with Gasteiger partial charge in [0, 0.05) is 89.4 Å². The molecule has 61 heavy (non-hydrogen) atoms. The largest absolute Gasteiger partial charge is 0.370 e. The summed E-state index contributed by atoms with van der Waals surface area (Å²) in [7, 11) is 0. The molecule has 1 aromatic carbocycles. The number of halogens is 2. The number of aromatic nitrogens is 5. The topological polar surface area (TPSA) is 153 Å². The Hall–Kier alpha value is -5.45. The van der Waals surface area contributed by atoms with E-state index >= 15 is 0 Å². The van der Waals surface area contributed by atoms with Crippen LogP contribution < -0.4 is 25.3 Å². The minimum Gasteiger partial charge on any atom is -0.370 e. The van der Waals surface area contributed by atoms with Gasteiger partial charge in [0.05, 0.1) is 29.3 Å². The van der Waals surface area contributed by atoms with E-state index in [2.05, 4.69) is 53.7 Å². The van der Waals surface area contributed by atoms with E-state index in [0.717, 1.165) is 88.4 Å². The number of alkyl halides is 2. The fourth-order valence-electron chi connectivity index (χ4n) is 11.0. The van der Waals surface area contributed by atoms with Crippen molar-refractivity contribution in [3.05, 3.63) is 59.7 Å². The van der Waals surface area contributed by atoms with Crippen molar-refractivity contribution in [3.63, 3.8) is 0 Å². The molecule has 3 aromatic heterocycles. The molecule has 4 aromatic rings. The van der Waals surface area contributed by atoms with E-state index in [4.69, 9.17) is 4.98 Å². The molecular weight excluding hydrogens is 785 g/mol. The molecule has 0 radical (unpaired) electrons. The number of likely N-dealkylation sites (tertiary alicyclic amines) is 1. The van der Waals surface area contributed by atoms with E-state index in [1.807, 2.05) is 13.0 Å². The number of carbonyl (C=O) groups is 4. The van der Waals surface area contributed by atoms with Crippen LogP contribution in [-0.2, 0) is 9.59 Å². The molecule has 6 aliphatic rings. The van der Waals surface area contributed by atoms with Gasteiger partial charge in [0.15, 0.2) is 11.3 Å². The van der Waals surface area contributed by atoms with Crippen molar-refractivity contribution >= 4 is 52.2 Å². The molecule has 2 N–H and O–H groups in total. The number of imide groups is 1. The summed E-state index contributed by atoms with van der Waals surface area (Å²) in [5, 5.41) is 13.7. The average molecular weight is 838 g/mol. The average Bonchev–Trinajstić information content (AvgIpc) is 3.85. The van der Waals surface area contributed by atoms with Crippen LogP contribution in [0.25, 0.3) is 5.65 Å². The first-order valence-electron chi connectivity index (χ1n) is 21.9. The van der Waals surface area contributed by atoms with Gasteiger partial charge >= 0.3 is 6.03 Å². The molecule has 17 heteroatoms. The van der Waals surface area contributed by atoms with Crippen LogP contribution in [0.2, 0.25) is 0 Å². The lowest BCUT2D eigenvalue weighted by Crippen LogP contribution is -2.63. The number of urea groups is 1. The number of Topliss-reactive ketones (excluding diaryl/α,β-unsaturated/α-hetero) is 1. The molecule has 0 atom stereocenters. The number of anilines is 4. The third-order valence-corrected chi connectivity index (χ3v) is 14.6. The molecule has 15 nitrogen and oxygen atoms in total. The Balaban J connectivity index is 0.711. The van der Waals surface area contributed by atoms with Gasteiger partial charge in [-0.05, 0) is 93.4 Å². The van der Waals surface area contributed by atoms with Crippen molar-refractivity contribution < 1.29 is 28.0 Å². The lowest BCUT2D eigenvalue weighted by atomic mass is 9.63. The molecular formula is C44H53F2N11O4. The Morgan fingerprint density at radius 3 is 2.38 bits per heavy atom. The highest BCUT2D eigenvalue weighted by Crippen LogP contribution is 2.49. The number of hydrogen-bond donors (Lipinski definition) is 2. The Morgan fingerprint density at radius 1 is 0.918 bits per heavy atom. The first-order chi connectivity index (χ1) is 29.4. The van der Waals surface area contributed by atoms with Gasteiger partial charge in [-0.2, -0.15) is 10.2 Å². The summed E-state index contributed by atoms with van der Waals surface area (Å²) in [4.78, 5) is 63.1. The van der Waals surface area contributed by atoms with E-state index in [1.165, 1.54) is 36.4 Å². The van der Waals surface area contributed by atoms with Crippen LogP contribution >= 0.6 is 0 Å². The second kappa shape index (κ2) is 15.5. The summed E-state index contributed by atoms with van der Waals surface area (Å²) >= 11 is 0. The molecule has 0 unspecified atom stereocenters. The number of nitrogens with one attached hydrogen (secondary N) is 2. The standard InChI is InChI=1S/C44H53F2N11O4/c1-28-2-3-34(35(20-28)55-16-9-37(59)50-42(55)61)53-18-12-43(13-19-53)10-4-29(5-11-43)24-52-14-6-30(7-15-52)57-25-33(38(51-57)39(45)46)48-41(60)32-23-47-56-17-8-36(49-40(32)56)54-26-44(27-54)21-31(58)22-44/h2-3,8,17,20,23,25,29-30,39H,4-7,9-16,18-19,21-22,24,26-27H2,1H3,(H,48,60)(H,50,59,61).